The number of amides is 1. The van der Waals surface area contributed by atoms with Crippen molar-refractivity contribution in [2.75, 3.05) is 25.5 Å². The highest BCUT2D eigenvalue weighted by atomic mass is 35.5. The van der Waals surface area contributed by atoms with Gasteiger partial charge in [0.1, 0.15) is 0 Å². The van der Waals surface area contributed by atoms with Crippen LogP contribution < -0.4 is 5.73 Å². The lowest BCUT2D eigenvalue weighted by Crippen LogP contribution is -2.42. The van der Waals surface area contributed by atoms with Gasteiger partial charge in [0, 0.05) is 37.0 Å². The average molecular weight is 267 g/mol. The predicted molar refractivity (Wildman–Crippen MR) is 74.1 cm³/mol. The minimum atomic E-state index is 0.130. The molecule has 98 valence electrons. The van der Waals surface area contributed by atoms with E-state index in [9.17, 15) is 4.79 Å². The second-order valence-corrected chi connectivity index (χ2v) is 5.05. The SMILES string of the molecule is NCC1CN(CCCCCl)C(=O)c2ccccc21. The van der Waals surface area contributed by atoms with Crippen LogP contribution in [-0.2, 0) is 0 Å². The van der Waals surface area contributed by atoms with E-state index in [0.29, 0.717) is 12.4 Å². The zero-order chi connectivity index (χ0) is 13.0. The van der Waals surface area contributed by atoms with Crippen molar-refractivity contribution < 1.29 is 4.79 Å². The van der Waals surface area contributed by atoms with Gasteiger partial charge in [-0.25, -0.2) is 0 Å². The van der Waals surface area contributed by atoms with Gasteiger partial charge < -0.3 is 10.6 Å². The van der Waals surface area contributed by atoms with Crippen molar-refractivity contribution in [2.45, 2.75) is 18.8 Å². The molecule has 2 N–H and O–H groups in total. The van der Waals surface area contributed by atoms with Crippen LogP contribution in [0.3, 0.4) is 0 Å². The summed E-state index contributed by atoms with van der Waals surface area (Å²) in [5.41, 5.74) is 7.73. The number of hydrogen-bond acceptors (Lipinski definition) is 2. The van der Waals surface area contributed by atoms with E-state index in [1.807, 2.05) is 29.2 Å². The summed E-state index contributed by atoms with van der Waals surface area (Å²) in [6, 6.07) is 7.79. The van der Waals surface area contributed by atoms with E-state index in [2.05, 4.69) is 0 Å². The maximum atomic E-state index is 12.3. The third kappa shape index (κ3) is 2.68. The first-order valence-electron chi connectivity index (χ1n) is 6.42. The molecule has 0 spiro atoms. The van der Waals surface area contributed by atoms with Crippen molar-refractivity contribution in [2.24, 2.45) is 5.73 Å². The monoisotopic (exact) mass is 266 g/mol. The first-order valence-corrected chi connectivity index (χ1v) is 6.95. The third-order valence-electron chi connectivity index (χ3n) is 3.46. The lowest BCUT2D eigenvalue weighted by Gasteiger charge is -2.33. The highest BCUT2D eigenvalue weighted by molar-refractivity contribution is 6.17. The maximum Gasteiger partial charge on any atom is 0.254 e. The van der Waals surface area contributed by atoms with Crippen molar-refractivity contribution in [3.8, 4) is 0 Å². The summed E-state index contributed by atoms with van der Waals surface area (Å²) in [4.78, 5) is 14.2. The molecule has 0 fully saturated rings. The Morgan fingerprint density at radius 1 is 1.33 bits per heavy atom. The molecule has 1 aliphatic rings. The molecule has 3 nitrogen and oxygen atoms in total. The van der Waals surface area contributed by atoms with Gasteiger partial charge in [-0.1, -0.05) is 18.2 Å². The van der Waals surface area contributed by atoms with Crippen LogP contribution in [0.15, 0.2) is 24.3 Å². The van der Waals surface area contributed by atoms with Gasteiger partial charge in [0.05, 0.1) is 0 Å². The number of nitrogens with two attached hydrogens (primary N) is 1. The number of carbonyl (C=O) groups is 1. The van der Waals surface area contributed by atoms with Gasteiger partial charge >= 0.3 is 0 Å². The standard InChI is InChI=1S/C14H19ClN2O/c15-7-3-4-8-17-10-11(9-16)12-5-1-2-6-13(12)14(17)18/h1-2,5-6,11H,3-4,7-10,16H2. The number of nitrogens with zero attached hydrogens (tertiary/aromatic N) is 1. The van der Waals surface area contributed by atoms with Gasteiger partial charge in [-0.15, -0.1) is 11.6 Å². The second kappa shape index (κ2) is 6.21. The smallest absolute Gasteiger partial charge is 0.254 e. The summed E-state index contributed by atoms with van der Waals surface area (Å²) >= 11 is 5.67. The number of alkyl halides is 1. The first-order chi connectivity index (χ1) is 8.77. The number of carbonyl (C=O) groups excluding carboxylic acids is 1. The van der Waals surface area contributed by atoms with E-state index in [1.165, 1.54) is 0 Å². The largest absolute Gasteiger partial charge is 0.338 e. The normalized spacial score (nSPS) is 18.9. The maximum absolute atomic E-state index is 12.3. The highest BCUT2D eigenvalue weighted by Crippen LogP contribution is 2.27. The Hall–Kier alpha value is -1.06. The number of unbranched alkanes of at least 4 members (excludes halogenated alkanes) is 1. The molecule has 4 heteroatoms. The molecule has 18 heavy (non-hydrogen) atoms. The van der Waals surface area contributed by atoms with E-state index in [4.69, 9.17) is 17.3 Å². The van der Waals surface area contributed by atoms with Crippen LogP contribution in [0, 0.1) is 0 Å². The molecule has 0 saturated carbocycles. The molecular weight excluding hydrogens is 248 g/mol. The Morgan fingerprint density at radius 2 is 2.11 bits per heavy atom. The highest BCUT2D eigenvalue weighted by Gasteiger charge is 2.29. The van der Waals surface area contributed by atoms with Gasteiger partial charge in [-0.05, 0) is 24.5 Å². The first kappa shape index (κ1) is 13.4. The van der Waals surface area contributed by atoms with Crippen LogP contribution in [0.1, 0.15) is 34.7 Å². The molecule has 0 saturated heterocycles. The van der Waals surface area contributed by atoms with E-state index in [1.54, 1.807) is 0 Å². The fourth-order valence-electron chi connectivity index (χ4n) is 2.46. The zero-order valence-corrected chi connectivity index (χ0v) is 11.2. The number of fused-ring (bicyclic) bond motifs is 1. The molecule has 2 rings (SSSR count). The molecule has 0 aliphatic carbocycles. The van der Waals surface area contributed by atoms with Crippen molar-refractivity contribution in [3.63, 3.8) is 0 Å². The molecule has 1 aromatic rings. The van der Waals surface area contributed by atoms with Crippen LogP contribution in [0.2, 0.25) is 0 Å². The summed E-state index contributed by atoms with van der Waals surface area (Å²) in [5.74, 6) is 1.04. The van der Waals surface area contributed by atoms with Gasteiger partial charge in [0.15, 0.2) is 0 Å². The molecular formula is C14H19ClN2O. The molecule has 1 amide bonds. The van der Waals surface area contributed by atoms with Gasteiger partial charge in [0.25, 0.3) is 5.91 Å². The summed E-state index contributed by atoms with van der Waals surface area (Å²) in [6.45, 7) is 2.08. The minimum Gasteiger partial charge on any atom is -0.338 e. The van der Waals surface area contributed by atoms with Crippen molar-refractivity contribution >= 4 is 17.5 Å². The fourth-order valence-corrected chi connectivity index (χ4v) is 2.65. The lowest BCUT2D eigenvalue weighted by atomic mass is 9.89. The van der Waals surface area contributed by atoms with Crippen LogP contribution in [-0.4, -0.2) is 36.3 Å². The summed E-state index contributed by atoms with van der Waals surface area (Å²) in [6.07, 6.45) is 1.90. The molecule has 1 aliphatic heterocycles. The number of benzene rings is 1. The lowest BCUT2D eigenvalue weighted by molar-refractivity contribution is 0.0720. The van der Waals surface area contributed by atoms with Crippen LogP contribution in [0.25, 0.3) is 0 Å². The van der Waals surface area contributed by atoms with E-state index >= 15 is 0 Å². The van der Waals surface area contributed by atoms with E-state index in [0.717, 1.165) is 37.1 Å². The van der Waals surface area contributed by atoms with Crippen LogP contribution in [0.5, 0.6) is 0 Å². The number of halogens is 1. The van der Waals surface area contributed by atoms with Crippen molar-refractivity contribution in [3.05, 3.63) is 35.4 Å². The quantitative estimate of drug-likeness (QED) is 0.656. The summed E-state index contributed by atoms with van der Waals surface area (Å²) in [7, 11) is 0. The number of rotatable bonds is 5. The molecule has 1 aromatic carbocycles. The van der Waals surface area contributed by atoms with Gasteiger partial charge in [0.2, 0.25) is 0 Å². The molecule has 0 aromatic heterocycles. The third-order valence-corrected chi connectivity index (χ3v) is 3.72. The Bertz CT molecular complexity index is 422. The fraction of sp³-hybridized carbons (Fsp3) is 0.500. The minimum absolute atomic E-state index is 0.130. The molecule has 0 radical (unpaired) electrons. The predicted octanol–water partition coefficient (Wildman–Crippen LogP) is 2.20. The Morgan fingerprint density at radius 3 is 2.83 bits per heavy atom. The number of hydrogen-bond donors (Lipinski definition) is 1. The van der Waals surface area contributed by atoms with Crippen molar-refractivity contribution in [1.29, 1.82) is 0 Å². The van der Waals surface area contributed by atoms with Gasteiger partial charge in [-0.3, -0.25) is 4.79 Å². The molecule has 0 bridgehead atoms. The molecule has 1 atom stereocenters. The second-order valence-electron chi connectivity index (χ2n) is 4.67. The van der Waals surface area contributed by atoms with Crippen LogP contribution in [0.4, 0.5) is 0 Å². The Balaban J connectivity index is 2.16. The Labute approximate surface area is 113 Å². The van der Waals surface area contributed by atoms with E-state index < -0.39 is 0 Å². The molecule has 1 unspecified atom stereocenters. The summed E-state index contributed by atoms with van der Waals surface area (Å²) < 4.78 is 0. The van der Waals surface area contributed by atoms with Crippen LogP contribution >= 0.6 is 11.6 Å². The average Bonchev–Trinajstić information content (AvgIpc) is 2.42. The van der Waals surface area contributed by atoms with E-state index in [-0.39, 0.29) is 11.8 Å². The zero-order valence-electron chi connectivity index (χ0n) is 10.4. The Kier molecular flexibility index (Phi) is 4.61. The van der Waals surface area contributed by atoms with Gasteiger partial charge in [-0.2, -0.15) is 0 Å². The topological polar surface area (TPSA) is 46.3 Å². The summed E-state index contributed by atoms with van der Waals surface area (Å²) in [5, 5.41) is 0. The molecule has 1 heterocycles. The van der Waals surface area contributed by atoms with Crippen molar-refractivity contribution in [1.82, 2.24) is 4.90 Å².